The fourth-order valence-corrected chi connectivity index (χ4v) is 1.90. The first-order valence-electron chi connectivity index (χ1n) is 6.07. The SMILES string of the molecule is NCCn1cc(-c2nc(-c3ccc(F)c(Cl)c3)no2)nn1. The molecule has 0 bridgehead atoms. The van der Waals surface area contributed by atoms with Gasteiger partial charge in [0.25, 0.3) is 5.89 Å². The number of rotatable bonds is 4. The smallest absolute Gasteiger partial charge is 0.280 e. The summed E-state index contributed by atoms with van der Waals surface area (Å²) in [6.45, 7) is 0.994. The quantitative estimate of drug-likeness (QED) is 0.788. The van der Waals surface area contributed by atoms with Crippen LogP contribution in [0.25, 0.3) is 23.0 Å². The number of benzene rings is 1. The molecule has 0 amide bonds. The van der Waals surface area contributed by atoms with E-state index in [0.29, 0.717) is 30.2 Å². The molecule has 0 atom stereocenters. The molecule has 7 nitrogen and oxygen atoms in total. The van der Waals surface area contributed by atoms with Crippen LogP contribution in [-0.2, 0) is 6.54 Å². The predicted octanol–water partition coefficient (Wildman–Crippen LogP) is 1.75. The lowest BCUT2D eigenvalue weighted by molar-refractivity contribution is 0.431. The van der Waals surface area contributed by atoms with Gasteiger partial charge in [-0.25, -0.2) is 4.39 Å². The minimum Gasteiger partial charge on any atom is -0.332 e. The summed E-state index contributed by atoms with van der Waals surface area (Å²) in [6, 6.07) is 4.18. The normalized spacial score (nSPS) is 11.0. The highest BCUT2D eigenvalue weighted by molar-refractivity contribution is 6.31. The molecular weight excluding hydrogens is 299 g/mol. The predicted molar refractivity (Wildman–Crippen MR) is 72.8 cm³/mol. The lowest BCUT2D eigenvalue weighted by Gasteiger charge is -1.96. The van der Waals surface area contributed by atoms with Crippen LogP contribution in [0.3, 0.4) is 0 Å². The molecule has 0 saturated heterocycles. The third-order valence-corrected chi connectivity index (χ3v) is 3.01. The van der Waals surface area contributed by atoms with E-state index in [1.54, 1.807) is 10.9 Å². The van der Waals surface area contributed by atoms with Gasteiger partial charge in [-0.3, -0.25) is 4.68 Å². The van der Waals surface area contributed by atoms with Gasteiger partial charge in [-0.05, 0) is 18.2 Å². The summed E-state index contributed by atoms with van der Waals surface area (Å²) in [5, 5.41) is 11.6. The summed E-state index contributed by atoms with van der Waals surface area (Å²) >= 11 is 5.73. The van der Waals surface area contributed by atoms with E-state index in [4.69, 9.17) is 21.9 Å². The van der Waals surface area contributed by atoms with Crippen molar-refractivity contribution in [2.45, 2.75) is 6.54 Å². The molecule has 9 heteroatoms. The Morgan fingerprint density at radius 2 is 2.24 bits per heavy atom. The second kappa shape index (κ2) is 5.58. The van der Waals surface area contributed by atoms with Crippen molar-refractivity contribution in [1.29, 1.82) is 0 Å². The second-order valence-corrected chi connectivity index (χ2v) is 4.61. The van der Waals surface area contributed by atoms with Gasteiger partial charge in [0.15, 0.2) is 5.69 Å². The lowest BCUT2D eigenvalue weighted by Crippen LogP contribution is -2.10. The summed E-state index contributed by atoms with van der Waals surface area (Å²) in [4.78, 5) is 4.19. The van der Waals surface area contributed by atoms with E-state index in [2.05, 4.69) is 20.5 Å². The molecule has 0 radical (unpaired) electrons. The van der Waals surface area contributed by atoms with Gasteiger partial charge in [0.2, 0.25) is 5.82 Å². The number of nitrogens with two attached hydrogens (primary N) is 1. The zero-order valence-electron chi connectivity index (χ0n) is 10.7. The van der Waals surface area contributed by atoms with Crippen molar-refractivity contribution >= 4 is 11.6 Å². The molecule has 3 aromatic rings. The van der Waals surface area contributed by atoms with Gasteiger partial charge in [-0.1, -0.05) is 22.0 Å². The molecule has 3 rings (SSSR count). The van der Waals surface area contributed by atoms with Crippen LogP contribution in [0.4, 0.5) is 4.39 Å². The highest BCUT2D eigenvalue weighted by Gasteiger charge is 2.14. The molecule has 0 aliphatic rings. The van der Waals surface area contributed by atoms with Crippen molar-refractivity contribution in [3.05, 3.63) is 35.2 Å². The Morgan fingerprint density at radius 3 is 3.00 bits per heavy atom. The molecule has 0 fully saturated rings. The van der Waals surface area contributed by atoms with Crippen LogP contribution in [0.15, 0.2) is 28.9 Å². The van der Waals surface area contributed by atoms with Gasteiger partial charge in [0, 0.05) is 12.1 Å². The average molecular weight is 309 g/mol. The third-order valence-electron chi connectivity index (χ3n) is 2.72. The average Bonchev–Trinajstić information content (AvgIpc) is 3.11. The van der Waals surface area contributed by atoms with E-state index in [0.717, 1.165) is 0 Å². The summed E-state index contributed by atoms with van der Waals surface area (Å²) in [6.07, 6.45) is 1.65. The maximum Gasteiger partial charge on any atom is 0.280 e. The molecule has 0 aliphatic heterocycles. The van der Waals surface area contributed by atoms with Crippen LogP contribution < -0.4 is 5.73 Å². The first-order chi connectivity index (χ1) is 10.2. The minimum absolute atomic E-state index is 0.00672. The van der Waals surface area contributed by atoms with Crippen LogP contribution in [0, 0.1) is 5.82 Å². The Hall–Kier alpha value is -2.32. The molecule has 2 heterocycles. The highest BCUT2D eigenvalue weighted by atomic mass is 35.5. The molecule has 0 unspecified atom stereocenters. The number of halogens is 2. The zero-order valence-corrected chi connectivity index (χ0v) is 11.5. The van der Waals surface area contributed by atoms with Crippen molar-refractivity contribution in [3.8, 4) is 23.0 Å². The third kappa shape index (κ3) is 2.76. The number of hydrogen-bond donors (Lipinski definition) is 1. The largest absolute Gasteiger partial charge is 0.332 e. The van der Waals surface area contributed by atoms with Crippen LogP contribution >= 0.6 is 11.6 Å². The summed E-state index contributed by atoms with van der Waals surface area (Å²) in [5.74, 6) is 0.00264. The highest BCUT2D eigenvalue weighted by Crippen LogP contribution is 2.24. The molecule has 2 N–H and O–H groups in total. The summed E-state index contributed by atoms with van der Waals surface area (Å²) in [5.41, 5.74) is 6.42. The molecular formula is C12H10ClFN6O. The molecule has 0 aliphatic carbocycles. The Balaban J connectivity index is 1.89. The van der Waals surface area contributed by atoms with E-state index in [1.807, 2.05) is 0 Å². The van der Waals surface area contributed by atoms with E-state index in [9.17, 15) is 4.39 Å². The van der Waals surface area contributed by atoms with Crippen molar-refractivity contribution in [3.63, 3.8) is 0 Å². The van der Waals surface area contributed by atoms with Crippen molar-refractivity contribution in [2.24, 2.45) is 5.73 Å². The number of hydrogen-bond acceptors (Lipinski definition) is 6. The van der Waals surface area contributed by atoms with Gasteiger partial charge in [-0.15, -0.1) is 5.10 Å². The topological polar surface area (TPSA) is 95.7 Å². The second-order valence-electron chi connectivity index (χ2n) is 4.21. The number of nitrogens with zero attached hydrogens (tertiary/aromatic N) is 5. The Morgan fingerprint density at radius 1 is 1.38 bits per heavy atom. The van der Waals surface area contributed by atoms with Gasteiger partial charge < -0.3 is 10.3 Å². The van der Waals surface area contributed by atoms with Gasteiger partial charge >= 0.3 is 0 Å². The molecule has 108 valence electrons. The molecule has 2 aromatic heterocycles. The Bertz CT molecular complexity index is 771. The molecule has 21 heavy (non-hydrogen) atoms. The van der Waals surface area contributed by atoms with Gasteiger partial charge in [0.05, 0.1) is 17.8 Å². The molecule has 0 spiro atoms. The zero-order chi connectivity index (χ0) is 14.8. The molecule has 1 aromatic carbocycles. The van der Waals surface area contributed by atoms with E-state index < -0.39 is 5.82 Å². The van der Waals surface area contributed by atoms with Crippen LogP contribution in [0.2, 0.25) is 5.02 Å². The summed E-state index contributed by atoms with van der Waals surface area (Å²) < 4.78 is 19.8. The van der Waals surface area contributed by atoms with Crippen LogP contribution in [0.1, 0.15) is 0 Å². The van der Waals surface area contributed by atoms with E-state index in [-0.39, 0.29) is 10.9 Å². The first kappa shape index (κ1) is 13.7. The minimum atomic E-state index is -0.506. The first-order valence-corrected chi connectivity index (χ1v) is 6.45. The maximum absolute atomic E-state index is 13.1. The fourth-order valence-electron chi connectivity index (χ4n) is 1.72. The van der Waals surface area contributed by atoms with E-state index in [1.165, 1.54) is 18.2 Å². The maximum atomic E-state index is 13.1. The Labute approximate surface area is 123 Å². The van der Waals surface area contributed by atoms with Crippen molar-refractivity contribution < 1.29 is 8.91 Å². The molecule has 0 saturated carbocycles. The van der Waals surface area contributed by atoms with Gasteiger partial charge in [-0.2, -0.15) is 4.98 Å². The van der Waals surface area contributed by atoms with E-state index >= 15 is 0 Å². The standard InChI is InChI=1S/C12H10ClFN6O/c13-8-5-7(1-2-9(8)14)11-16-12(21-18-11)10-6-20(4-3-15)19-17-10/h1-2,5-6H,3-4,15H2. The summed E-state index contributed by atoms with van der Waals surface area (Å²) in [7, 11) is 0. The van der Waals surface area contributed by atoms with Crippen LogP contribution in [0.5, 0.6) is 0 Å². The Kier molecular flexibility index (Phi) is 3.63. The fraction of sp³-hybridized carbons (Fsp3) is 0.167. The number of aromatic nitrogens is 5. The van der Waals surface area contributed by atoms with Crippen LogP contribution in [-0.4, -0.2) is 31.7 Å². The van der Waals surface area contributed by atoms with Crippen molar-refractivity contribution in [2.75, 3.05) is 6.54 Å². The monoisotopic (exact) mass is 308 g/mol. The lowest BCUT2D eigenvalue weighted by atomic mass is 10.2. The van der Waals surface area contributed by atoms with Gasteiger partial charge in [0.1, 0.15) is 5.82 Å². The van der Waals surface area contributed by atoms with Crippen molar-refractivity contribution in [1.82, 2.24) is 25.1 Å².